The number of carbonyl (C=O) groups excluding carboxylic acids is 1. The summed E-state index contributed by atoms with van der Waals surface area (Å²) in [7, 11) is 6.77. The van der Waals surface area contributed by atoms with Crippen LogP contribution in [-0.2, 0) is 54.1 Å². The SMILES string of the molecule is CO[Si](C)(CCCNCCOP(=O)(O)OCC[N+](C)(C)C)OC.CO[Si](CCCNC(=O)COP(=O)(O)OCC[N+](C)(C)C)(OC)OC. The molecule has 0 saturated heterocycles. The number of carbonyl (C=O) groups is 1. The summed E-state index contributed by atoms with van der Waals surface area (Å²) in [5.74, 6) is -0.510. The molecule has 2 unspecified atom stereocenters. The van der Waals surface area contributed by atoms with E-state index in [0.717, 1.165) is 19.0 Å². The Morgan fingerprint density at radius 2 is 1.08 bits per heavy atom. The number of hydrogen-bond donors (Lipinski definition) is 4. The van der Waals surface area contributed by atoms with Crippen molar-refractivity contribution >= 4 is 38.9 Å². The fourth-order valence-corrected chi connectivity index (χ4v) is 7.89. The molecule has 0 heterocycles. The molecule has 0 aliphatic heterocycles. The molecule has 0 aliphatic carbocycles. The first kappa shape index (κ1) is 49.9. The first-order valence-electron chi connectivity index (χ1n) is 15.6. The minimum absolute atomic E-state index is 0.0522. The van der Waals surface area contributed by atoms with E-state index in [-0.39, 0.29) is 19.8 Å². The number of phosphoric acid groups is 2. The lowest BCUT2D eigenvalue weighted by molar-refractivity contribution is -0.870. The van der Waals surface area contributed by atoms with Gasteiger partial charge in [-0.2, -0.15) is 0 Å². The number of phosphoric ester groups is 2. The maximum Gasteiger partial charge on any atom is 0.500 e. The summed E-state index contributed by atoms with van der Waals surface area (Å²) >= 11 is 0. The smallest absolute Gasteiger partial charge is 0.398 e. The predicted octanol–water partition coefficient (Wildman–Crippen LogP) is 1.38. The topological polar surface area (TPSA) is 199 Å². The highest BCUT2D eigenvalue weighted by Crippen LogP contribution is 2.43. The van der Waals surface area contributed by atoms with Crippen molar-refractivity contribution in [2.75, 3.05) is 137 Å². The average molecular weight is 777 g/mol. The standard InChI is InChI=1S/C13H31N2O8PSi.C13H33N2O6PSi/c1-15(2,3)9-10-22-24(17,18)23-12-13(16)14-8-7-11-25(19-4,20-5)21-6;1-15(2,3)10-12-21-22(16,17)20-11-9-14-8-7-13-23(6,18-4)19-5/h7-12H2,1-6H3,(H-,14,16,17,18);14H,7-13H2,1-6H3/p+2. The zero-order valence-corrected chi connectivity index (χ0v) is 35.1. The zero-order chi connectivity index (χ0) is 37.5. The van der Waals surface area contributed by atoms with Gasteiger partial charge in [-0.25, -0.2) is 9.13 Å². The van der Waals surface area contributed by atoms with Crippen LogP contribution in [0.15, 0.2) is 0 Å². The number of amides is 1. The Morgan fingerprint density at radius 3 is 1.52 bits per heavy atom. The Kier molecular flexibility index (Phi) is 25.9. The van der Waals surface area contributed by atoms with Gasteiger partial charge in [-0.1, -0.05) is 0 Å². The summed E-state index contributed by atoms with van der Waals surface area (Å²) in [5.41, 5.74) is 0. The quantitative estimate of drug-likeness (QED) is 0.0385. The van der Waals surface area contributed by atoms with Gasteiger partial charge < -0.3 is 51.5 Å². The van der Waals surface area contributed by atoms with E-state index in [2.05, 4.69) is 15.2 Å². The van der Waals surface area contributed by atoms with Crippen molar-refractivity contribution in [2.24, 2.45) is 0 Å². The highest BCUT2D eigenvalue weighted by atomic mass is 31.2. The predicted molar refractivity (Wildman–Crippen MR) is 186 cm³/mol. The molecule has 2 atom stereocenters. The molecule has 22 heteroatoms. The van der Waals surface area contributed by atoms with E-state index in [1.54, 1.807) is 14.2 Å². The number of likely N-dealkylation sites (N-methyl/N-ethyl adjacent to an activating group) is 2. The van der Waals surface area contributed by atoms with Gasteiger partial charge in [0.1, 0.15) is 32.9 Å². The van der Waals surface area contributed by atoms with Gasteiger partial charge in [0.15, 0.2) is 0 Å². The molecule has 0 fully saturated rings. The van der Waals surface area contributed by atoms with Crippen molar-refractivity contribution < 1.29 is 72.9 Å². The van der Waals surface area contributed by atoms with Gasteiger partial charge in [0.25, 0.3) is 0 Å². The fourth-order valence-electron chi connectivity index (χ4n) is 3.39. The number of hydrogen-bond acceptors (Lipinski definition) is 13. The second-order valence-corrected chi connectivity index (χ2v) is 22.5. The van der Waals surface area contributed by atoms with Crippen LogP contribution in [0.1, 0.15) is 12.8 Å². The van der Waals surface area contributed by atoms with Crippen molar-refractivity contribution in [1.29, 1.82) is 0 Å². The van der Waals surface area contributed by atoms with E-state index >= 15 is 0 Å². The molecule has 0 bridgehead atoms. The van der Waals surface area contributed by atoms with Gasteiger partial charge in [0, 0.05) is 54.7 Å². The van der Waals surface area contributed by atoms with Crippen LogP contribution in [0.25, 0.3) is 0 Å². The molecule has 0 aromatic heterocycles. The number of nitrogens with zero attached hydrogens (tertiary/aromatic N) is 2. The average Bonchev–Trinajstić information content (AvgIpc) is 2.98. The molecular weight excluding hydrogens is 710 g/mol. The lowest BCUT2D eigenvalue weighted by atomic mass is 10.4. The molecule has 0 spiro atoms. The third-order valence-electron chi connectivity index (χ3n) is 6.69. The first-order chi connectivity index (χ1) is 22.0. The summed E-state index contributed by atoms with van der Waals surface area (Å²) in [4.78, 5) is 30.7. The molecule has 0 aliphatic rings. The van der Waals surface area contributed by atoms with Crippen molar-refractivity contribution in [1.82, 2.24) is 10.6 Å². The molecule has 1 amide bonds. The molecule has 48 heavy (non-hydrogen) atoms. The minimum Gasteiger partial charge on any atom is -0.398 e. The normalized spacial score (nSPS) is 15.3. The number of rotatable bonds is 28. The summed E-state index contributed by atoms with van der Waals surface area (Å²) < 4.78 is 70.5. The summed E-state index contributed by atoms with van der Waals surface area (Å²) in [5, 5.41) is 5.74. The maximum atomic E-state index is 11.7. The van der Waals surface area contributed by atoms with E-state index in [4.69, 9.17) is 35.7 Å². The van der Waals surface area contributed by atoms with E-state index in [1.807, 2.05) is 48.8 Å². The second kappa shape index (κ2) is 24.9. The van der Waals surface area contributed by atoms with Gasteiger partial charge in [0.2, 0.25) is 5.91 Å². The van der Waals surface area contributed by atoms with Gasteiger partial charge in [-0.15, -0.1) is 0 Å². The monoisotopic (exact) mass is 776 g/mol. The fraction of sp³-hybridized carbons (Fsp3) is 0.962. The number of nitrogens with one attached hydrogen (secondary N) is 2. The van der Waals surface area contributed by atoms with Crippen LogP contribution in [-0.4, -0.2) is 179 Å². The molecule has 4 N–H and O–H groups in total. The van der Waals surface area contributed by atoms with E-state index in [1.165, 1.54) is 21.3 Å². The van der Waals surface area contributed by atoms with Crippen molar-refractivity contribution in [3.8, 4) is 0 Å². The van der Waals surface area contributed by atoms with Crippen molar-refractivity contribution in [3.63, 3.8) is 0 Å². The third-order valence-corrected chi connectivity index (χ3v) is 14.5. The van der Waals surface area contributed by atoms with Crippen molar-refractivity contribution in [2.45, 2.75) is 31.5 Å². The van der Waals surface area contributed by atoms with Crippen molar-refractivity contribution in [3.05, 3.63) is 0 Å². The maximum absolute atomic E-state index is 11.7. The zero-order valence-electron chi connectivity index (χ0n) is 31.3. The van der Waals surface area contributed by atoms with Crippen LogP contribution < -0.4 is 10.6 Å². The van der Waals surface area contributed by atoms with Gasteiger partial charge in [-0.05, 0) is 32.0 Å². The molecule has 0 radical (unpaired) electrons. The van der Waals surface area contributed by atoms with Gasteiger partial charge in [-0.3, -0.25) is 22.9 Å². The molecule has 18 nitrogen and oxygen atoms in total. The Balaban J connectivity index is 0. The number of quaternary nitrogens is 2. The highest BCUT2D eigenvalue weighted by molar-refractivity contribution is 7.47. The van der Waals surface area contributed by atoms with Crippen LogP contribution in [0.3, 0.4) is 0 Å². The van der Waals surface area contributed by atoms with E-state index in [0.29, 0.717) is 47.6 Å². The summed E-state index contributed by atoms with van der Waals surface area (Å²) in [6.45, 7) is 4.59. The minimum atomic E-state index is -4.24. The van der Waals surface area contributed by atoms with Gasteiger partial charge >= 0.3 is 33.0 Å². The molecule has 0 saturated carbocycles. The first-order valence-corrected chi connectivity index (χ1v) is 23.0. The van der Waals surface area contributed by atoms with Crippen LogP contribution >= 0.6 is 15.6 Å². The Bertz CT molecular complexity index is 944. The Labute approximate surface area is 290 Å². The summed E-state index contributed by atoms with van der Waals surface area (Å²) in [6.07, 6.45) is 1.49. The second-order valence-electron chi connectivity index (χ2n) is 12.9. The molecule has 0 aromatic rings. The lowest BCUT2D eigenvalue weighted by Crippen LogP contribution is -2.43. The largest absolute Gasteiger partial charge is 0.500 e. The molecule has 0 rings (SSSR count). The highest BCUT2D eigenvalue weighted by Gasteiger charge is 2.37. The van der Waals surface area contributed by atoms with Gasteiger partial charge in [0.05, 0.1) is 48.9 Å². The summed E-state index contributed by atoms with van der Waals surface area (Å²) in [6, 6.07) is 1.42. The molecule has 290 valence electrons. The van der Waals surface area contributed by atoms with Crippen LogP contribution in [0.5, 0.6) is 0 Å². The van der Waals surface area contributed by atoms with E-state index < -0.39 is 45.5 Å². The molecular formula is C26H66N4O14P2Si2+2. The molecule has 0 aromatic carbocycles. The van der Waals surface area contributed by atoms with E-state index in [9.17, 15) is 23.7 Å². The Hall–Kier alpha value is -0.196. The van der Waals surface area contributed by atoms with Crippen LogP contribution in [0.4, 0.5) is 0 Å². The van der Waals surface area contributed by atoms with Crippen LogP contribution in [0, 0.1) is 0 Å². The Morgan fingerprint density at radius 1 is 0.646 bits per heavy atom. The third kappa shape index (κ3) is 28.5. The van der Waals surface area contributed by atoms with Crippen LogP contribution in [0.2, 0.25) is 18.6 Å². The lowest BCUT2D eigenvalue weighted by Gasteiger charge is -2.24.